The summed E-state index contributed by atoms with van der Waals surface area (Å²) in [7, 11) is 0. The zero-order chi connectivity index (χ0) is 13.4. The van der Waals surface area contributed by atoms with Crippen LogP contribution < -0.4 is 5.73 Å². The van der Waals surface area contributed by atoms with Crippen LogP contribution in [0.4, 0.5) is 5.69 Å². The predicted octanol–water partition coefficient (Wildman–Crippen LogP) is 4.32. The summed E-state index contributed by atoms with van der Waals surface area (Å²) >= 11 is 6.24. The first-order chi connectivity index (χ1) is 8.67. The Balaban J connectivity index is 2.62. The van der Waals surface area contributed by atoms with Crippen molar-refractivity contribution >= 4 is 17.3 Å². The van der Waals surface area contributed by atoms with Crippen molar-refractivity contribution < 1.29 is 0 Å². The SMILES string of the molecule is CCCCN(CCCC)Cc1ccc(N)cc1Cl. The number of anilines is 1. The van der Waals surface area contributed by atoms with Crippen LogP contribution in [0.25, 0.3) is 0 Å². The molecule has 1 aromatic carbocycles. The van der Waals surface area contributed by atoms with E-state index in [4.69, 9.17) is 17.3 Å². The number of halogens is 1. The lowest BCUT2D eigenvalue weighted by Crippen LogP contribution is -2.25. The van der Waals surface area contributed by atoms with Gasteiger partial charge < -0.3 is 5.73 Å². The summed E-state index contributed by atoms with van der Waals surface area (Å²) in [5.74, 6) is 0. The highest BCUT2D eigenvalue weighted by Crippen LogP contribution is 2.21. The first-order valence-corrected chi connectivity index (χ1v) is 7.31. The third-order valence-corrected chi connectivity index (χ3v) is 3.48. The molecule has 0 unspecified atom stereocenters. The topological polar surface area (TPSA) is 29.3 Å². The largest absolute Gasteiger partial charge is 0.399 e. The third kappa shape index (κ3) is 5.28. The van der Waals surface area contributed by atoms with Gasteiger partial charge in [0, 0.05) is 17.3 Å². The Bertz CT molecular complexity index is 344. The van der Waals surface area contributed by atoms with E-state index >= 15 is 0 Å². The van der Waals surface area contributed by atoms with Crippen LogP contribution in [0.1, 0.15) is 45.1 Å². The number of unbranched alkanes of at least 4 members (excludes halogenated alkanes) is 2. The van der Waals surface area contributed by atoms with Crippen LogP contribution in [0, 0.1) is 0 Å². The minimum Gasteiger partial charge on any atom is -0.399 e. The fourth-order valence-electron chi connectivity index (χ4n) is 1.97. The second-order valence-electron chi connectivity index (χ2n) is 4.83. The van der Waals surface area contributed by atoms with E-state index in [-0.39, 0.29) is 0 Å². The van der Waals surface area contributed by atoms with Gasteiger partial charge in [-0.1, -0.05) is 44.4 Å². The maximum Gasteiger partial charge on any atom is 0.0471 e. The van der Waals surface area contributed by atoms with Gasteiger partial charge in [0.25, 0.3) is 0 Å². The Labute approximate surface area is 116 Å². The zero-order valence-electron chi connectivity index (χ0n) is 11.6. The Hall–Kier alpha value is -0.730. The van der Waals surface area contributed by atoms with E-state index in [1.165, 1.54) is 31.2 Å². The van der Waals surface area contributed by atoms with E-state index in [1.54, 1.807) is 0 Å². The van der Waals surface area contributed by atoms with Gasteiger partial charge in [-0.3, -0.25) is 4.90 Å². The molecule has 18 heavy (non-hydrogen) atoms. The van der Waals surface area contributed by atoms with Crippen LogP contribution in [0.3, 0.4) is 0 Å². The zero-order valence-corrected chi connectivity index (χ0v) is 12.3. The first kappa shape index (κ1) is 15.3. The van der Waals surface area contributed by atoms with Crippen molar-refractivity contribution in [2.75, 3.05) is 18.8 Å². The van der Waals surface area contributed by atoms with E-state index in [0.717, 1.165) is 30.3 Å². The fraction of sp³-hybridized carbons (Fsp3) is 0.600. The lowest BCUT2D eigenvalue weighted by molar-refractivity contribution is 0.257. The van der Waals surface area contributed by atoms with Gasteiger partial charge in [-0.2, -0.15) is 0 Å². The molecule has 0 heterocycles. The maximum atomic E-state index is 6.24. The second kappa shape index (κ2) is 8.39. The summed E-state index contributed by atoms with van der Waals surface area (Å²) in [5, 5.41) is 0.785. The van der Waals surface area contributed by atoms with Crippen molar-refractivity contribution in [2.24, 2.45) is 0 Å². The minimum absolute atomic E-state index is 0.734. The molecule has 0 atom stereocenters. The monoisotopic (exact) mass is 268 g/mol. The molecule has 1 aromatic rings. The van der Waals surface area contributed by atoms with Gasteiger partial charge >= 0.3 is 0 Å². The molecule has 0 aliphatic carbocycles. The molecule has 0 saturated carbocycles. The minimum atomic E-state index is 0.734. The van der Waals surface area contributed by atoms with Gasteiger partial charge in [0.05, 0.1) is 0 Å². The van der Waals surface area contributed by atoms with Crippen molar-refractivity contribution in [2.45, 2.75) is 46.1 Å². The van der Waals surface area contributed by atoms with E-state index in [1.807, 2.05) is 18.2 Å². The van der Waals surface area contributed by atoms with Crippen LogP contribution in [0.2, 0.25) is 5.02 Å². The van der Waals surface area contributed by atoms with Crippen molar-refractivity contribution in [3.63, 3.8) is 0 Å². The van der Waals surface area contributed by atoms with Crippen molar-refractivity contribution in [1.82, 2.24) is 4.90 Å². The van der Waals surface area contributed by atoms with Crippen LogP contribution in [0.5, 0.6) is 0 Å². The Morgan fingerprint density at radius 2 is 1.72 bits per heavy atom. The maximum absolute atomic E-state index is 6.24. The molecule has 0 fully saturated rings. The second-order valence-corrected chi connectivity index (χ2v) is 5.24. The summed E-state index contributed by atoms with van der Waals surface area (Å²) in [5.41, 5.74) is 7.63. The quantitative estimate of drug-likeness (QED) is 0.712. The molecule has 0 bridgehead atoms. The van der Waals surface area contributed by atoms with Gasteiger partial charge in [0.1, 0.15) is 0 Å². The van der Waals surface area contributed by atoms with Gasteiger partial charge in [-0.15, -0.1) is 0 Å². The molecule has 0 radical (unpaired) electrons. The van der Waals surface area contributed by atoms with Gasteiger partial charge in [0.15, 0.2) is 0 Å². The third-order valence-electron chi connectivity index (χ3n) is 3.13. The van der Waals surface area contributed by atoms with Gasteiger partial charge in [-0.25, -0.2) is 0 Å². The van der Waals surface area contributed by atoms with Crippen molar-refractivity contribution in [1.29, 1.82) is 0 Å². The van der Waals surface area contributed by atoms with E-state index in [9.17, 15) is 0 Å². The molecule has 0 saturated heterocycles. The highest BCUT2D eigenvalue weighted by Gasteiger charge is 2.08. The first-order valence-electron chi connectivity index (χ1n) is 6.93. The van der Waals surface area contributed by atoms with Crippen LogP contribution in [0.15, 0.2) is 18.2 Å². The molecule has 0 spiro atoms. The van der Waals surface area contributed by atoms with Crippen LogP contribution >= 0.6 is 11.6 Å². The highest BCUT2D eigenvalue weighted by atomic mass is 35.5. The summed E-state index contributed by atoms with van der Waals surface area (Å²) < 4.78 is 0. The van der Waals surface area contributed by atoms with Crippen LogP contribution in [-0.4, -0.2) is 18.0 Å². The Kier molecular flexibility index (Phi) is 7.14. The lowest BCUT2D eigenvalue weighted by atomic mass is 10.1. The Morgan fingerprint density at radius 3 is 2.22 bits per heavy atom. The number of nitrogens with zero attached hydrogens (tertiary/aromatic N) is 1. The molecular formula is C15H25ClN2. The Morgan fingerprint density at radius 1 is 1.11 bits per heavy atom. The number of hydrogen-bond donors (Lipinski definition) is 1. The summed E-state index contributed by atoms with van der Waals surface area (Å²) in [6, 6.07) is 5.82. The molecule has 3 heteroatoms. The molecule has 2 N–H and O–H groups in total. The average molecular weight is 269 g/mol. The smallest absolute Gasteiger partial charge is 0.0471 e. The van der Waals surface area contributed by atoms with Gasteiger partial charge in [-0.05, 0) is 43.6 Å². The molecule has 102 valence electrons. The number of nitrogen functional groups attached to an aromatic ring is 1. The normalized spacial score (nSPS) is 11.1. The van der Waals surface area contributed by atoms with E-state index in [0.29, 0.717) is 0 Å². The van der Waals surface area contributed by atoms with E-state index < -0.39 is 0 Å². The molecule has 1 rings (SSSR count). The fourth-order valence-corrected chi connectivity index (χ4v) is 2.21. The summed E-state index contributed by atoms with van der Waals surface area (Å²) in [6.45, 7) is 7.69. The molecule has 0 aromatic heterocycles. The number of benzene rings is 1. The lowest BCUT2D eigenvalue weighted by Gasteiger charge is -2.22. The number of hydrogen-bond acceptors (Lipinski definition) is 2. The number of nitrogens with two attached hydrogens (primary N) is 1. The number of rotatable bonds is 8. The molecule has 0 amide bonds. The van der Waals surface area contributed by atoms with Crippen molar-refractivity contribution in [3.8, 4) is 0 Å². The highest BCUT2D eigenvalue weighted by molar-refractivity contribution is 6.31. The van der Waals surface area contributed by atoms with E-state index in [2.05, 4.69) is 18.7 Å². The predicted molar refractivity (Wildman–Crippen MR) is 81.0 cm³/mol. The standard InChI is InChI=1S/C15H25ClN2/c1-3-5-9-18(10-6-4-2)12-13-7-8-14(17)11-15(13)16/h7-8,11H,3-6,9-10,12,17H2,1-2H3. The van der Waals surface area contributed by atoms with Gasteiger partial charge in [0.2, 0.25) is 0 Å². The molecule has 0 aliphatic rings. The molecule has 2 nitrogen and oxygen atoms in total. The molecule has 0 aliphatic heterocycles. The molecular weight excluding hydrogens is 244 g/mol. The van der Waals surface area contributed by atoms with Crippen LogP contribution in [-0.2, 0) is 6.54 Å². The van der Waals surface area contributed by atoms with Crippen molar-refractivity contribution in [3.05, 3.63) is 28.8 Å². The summed E-state index contributed by atoms with van der Waals surface area (Å²) in [4.78, 5) is 2.49. The average Bonchev–Trinajstić information content (AvgIpc) is 2.35. The summed E-state index contributed by atoms with van der Waals surface area (Å²) in [6.07, 6.45) is 4.96.